The van der Waals surface area contributed by atoms with Crippen molar-refractivity contribution in [2.24, 2.45) is 0 Å². The minimum Gasteiger partial charge on any atom is -0.381 e. The van der Waals surface area contributed by atoms with Gasteiger partial charge in [-0.1, -0.05) is 30.3 Å². The summed E-state index contributed by atoms with van der Waals surface area (Å²) >= 11 is 0. The number of ether oxygens (including phenoxy) is 2. The lowest BCUT2D eigenvalue weighted by atomic mass is 10.1. The third kappa shape index (κ3) is 2.56. The summed E-state index contributed by atoms with van der Waals surface area (Å²) in [4.78, 5) is 0. The molecular formula is C12H16O2. The van der Waals surface area contributed by atoms with E-state index in [1.807, 2.05) is 18.2 Å². The standard InChI is InChI=1S/C9H10O.C3H6O/c1-7-9(10-7)8-5-3-2-4-6-8;1-2-4-3-1/h2-7,9H,1H3;1-3H2. The zero-order valence-corrected chi connectivity index (χ0v) is 8.48. The van der Waals surface area contributed by atoms with Crippen molar-refractivity contribution in [2.75, 3.05) is 13.2 Å². The number of epoxide rings is 1. The number of rotatable bonds is 1. The largest absolute Gasteiger partial charge is 0.381 e. The van der Waals surface area contributed by atoms with Crippen LogP contribution in [0.25, 0.3) is 0 Å². The Morgan fingerprint density at radius 3 is 2.00 bits per heavy atom. The monoisotopic (exact) mass is 192 g/mol. The predicted octanol–water partition coefficient (Wildman–Crippen LogP) is 2.55. The van der Waals surface area contributed by atoms with Crippen LogP contribution in [0.4, 0.5) is 0 Å². The third-order valence-corrected chi connectivity index (χ3v) is 2.42. The van der Waals surface area contributed by atoms with Crippen molar-refractivity contribution in [2.45, 2.75) is 25.6 Å². The second-order valence-electron chi connectivity index (χ2n) is 3.64. The highest BCUT2D eigenvalue weighted by atomic mass is 16.6. The average Bonchev–Trinajstić information content (AvgIpc) is 2.81. The zero-order valence-electron chi connectivity index (χ0n) is 8.48. The first kappa shape index (κ1) is 9.69. The van der Waals surface area contributed by atoms with Crippen molar-refractivity contribution in [3.05, 3.63) is 35.9 Å². The van der Waals surface area contributed by atoms with Crippen LogP contribution in [0.5, 0.6) is 0 Å². The fourth-order valence-electron chi connectivity index (χ4n) is 1.32. The maximum absolute atomic E-state index is 5.30. The van der Waals surface area contributed by atoms with Gasteiger partial charge in [0.05, 0.1) is 6.10 Å². The predicted molar refractivity (Wildman–Crippen MR) is 55.2 cm³/mol. The molecule has 14 heavy (non-hydrogen) atoms. The highest BCUT2D eigenvalue weighted by Crippen LogP contribution is 2.37. The lowest BCUT2D eigenvalue weighted by molar-refractivity contribution is 0.0367. The molecule has 0 radical (unpaired) electrons. The first-order valence-corrected chi connectivity index (χ1v) is 5.16. The van der Waals surface area contributed by atoms with Gasteiger partial charge in [-0.25, -0.2) is 0 Å². The van der Waals surface area contributed by atoms with Gasteiger partial charge in [0.1, 0.15) is 6.10 Å². The van der Waals surface area contributed by atoms with Crippen LogP contribution in [0.3, 0.4) is 0 Å². The van der Waals surface area contributed by atoms with E-state index in [1.54, 1.807) is 0 Å². The number of benzene rings is 1. The molecule has 1 aromatic carbocycles. The molecule has 3 rings (SSSR count). The van der Waals surface area contributed by atoms with Gasteiger partial charge in [0, 0.05) is 13.2 Å². The Labute approximate surface area is 84.8 Å². The van der Waals surface area contributed by atoms with E-state index in [4.69, 9.17) is 9.47 Å². The van der Waals surface area contributed by atoms with Gasteiger partial charge in [0.15, 0.2) is 0 Å². The van der Waals surface area contributed by atoms with Crippen LogP contribution in [0.2, 0.25) is 0 Å². The first-order chi connectivity index (χ1) is 6.88. The molecular weight excluding hydrogens is 176 g/mol. The van der Waals surface area contributed by atoms with E-state index in [2.05, 4.69) is 19.1 Å². The summed E-state index contributed by atoms with van der Waals surface area (Å²) in [6.07, 6.45) is 2.09. The summed E-state index contributed by atoms with van der Waals surface area (Å²) in [6.45, 7) is 4.09. The van der Waals surface area contributed by atoms with Crippen LogP contribution in [0, 0.1) is 0 Å². The summed E-state index contributed by atoms with van der Waals surface area (Å²) in [5.74, 6) is 0. The summed E-state index contributed by atoms with van der Waals surface area (Å²) in [6, 6.07) is 10.3. The van der Waals surface area contributed by atoms with Gasteiger partial charge in [0.25, 0.3) is 0 Å². The Morgan fingerprint density at radius 1 is 1.14 bits per heavy atom. The van der Waals surface area contributed by atoms with Gasteiger partial charge in [0.2, 0.25) is 0 Å². The Kier molecular flexibility index (Phi) is 3.17. The number of hydrogen-bond acceptors (Lipinski definition) is 2. The second kappa shape index (κ2) is 4.58. The molecule has 2 atom stereocenters. The molecule has 76 valence electrons. The highest BCUT2D eigenvalue weighted by Gasteiger charge is 2.35. The Balaban J connectivity index is 0.000000157. The molecule has 0 spiro atoms. The van der Waals surface area contributed by atoms with E-state index >= 15 is 0 Å². The van der Waals surface area contributed by atoms with Gasteiger partial charge in [-0.15, -0.1) is 0 Å². The maximum atomic E-state index is 5.30. The molecule has 0 saturated carbocycles. The molecule has 0 amide bonds. The molecule has 2 saturated heterocycles. The van der Waals surface area contributed by atoms with E-state index in [1.165, 1.54) is 12.0 Å². The summed E-state index contributed by atoms with van der Waals surface area (Å²) < 4.78 is 10.0. The fourth-order valence-corrected chi connectivity index (χ4v) is 1.32. The lowest BCUT2D eigenvalue weighted by Gasteiger charge is -2.09. The fraction of sp³-hybridized carbons (Fsp3) is 0.500. The highest BCUT2D eigenvalue weighted by molar-refractivity contribution is 5.21. The first-order valence-electron chi connectivity index (χ1n) is 5.16. The Hall–Kier alpha value is -0.860. The van der Waals surface area contributed by atoms with Crippen molar-refractivity contribution in [1.82, 2.24) is 0 Å². The van der Waals surface area contributed by atoms with E-state index in [0.717, 1.165) is 13.2 Å². The van der Waals surface area contributed by atoms with Crippen molar-refractivity contribution >= 4 is 0 Å². The summed E-state index contributed by atoms with van der Waals surface area (Å²) in [7, 11) is 0. The molecule has 2 aliphatic heterocycles. The van der Waals surface area contributed by atoms with Crippen LogP contribution in [-0.2, 0) is 9.47 Å². The van der Waals surface area contributed by atoms with E-state index in [-0.39, 0.29) is 0 Å². The zero-order chi connectivity index (χ0) is 9.80. The summed E-state index contributed by atoms with van der Waals surface area (Å²) in [5, 5.41) is 0. The average molecular weight is 192 g/mol. The smallest absolute Gasteiger partial charge is 0.109 e. The number of hydrogen-bond donors (Lipinski definition) is 0. The molecule has 0 bridgehead atoms. The SMILES string of the molecule is C1COC1.CC1OC1c1ccccc1. The molecule has 2 heteroatoms. The van der Waals surface area contributed by atoms with Gasteiger partial charge in [-0.3, -0.25) is 0 Å². The van der Waals surface area contributed by atoms with Gasteiger partial charge in [-0.2, -0.15) is 0 Å². The van der Waals surface area contributed by atoms with Crippen LogP contribution in [-0.4, -0.2) is 19.3 Å². The normalized spacial score (nSPS) is 28.4. The van der Waals surface area contributed by atoms with Crippen LogP contribution < -0.4 is 0 Å². The van der Waals surface area contributed by atoms with Crippen molar-refractivity contribution in [1.29, 1.82) is 0 Å². The Bertz CT molecular complexity index is 263. The molecule has 1 aromatic rings. The summed E-state index contributed by atoms with van der Waals surface area (Å²) in [5.41, 5.74) is 1.30. The second-order valence-corrected chi connectivity index (χ2v) is 3.64. The third-order valence-electron chi connectivity index (χ3n) is 2.42. The molecule has 2 aliphatic rings. The minimum atomic E-state index is 0.376. The van der Waals surface area contributed by atoms with Crippen molar-refractivity contribution < 1.29 is 9.47 Å². The molecule has 2 heterocycles. The Morgan fingerprint density at radius 2 is 1.64 bits per heavy atom. The topological polar surface area (TPSA) is 21.8 Å². The molecule has 0 N–H and O–H groups in total. The quantitative estimate of drug-likeness (QED) is 0.638. The lowest BCUT2D eigenvalue weighted by Crippen LogP contribution is -2.09. The maximum Gasteiger partial charge on any atom is 0.109 e. The van der Waals surface area contributed by atoms with Crippen molar-refractivity contribution in [3.63, 3.8) is 0 Å². The molecule has 0 aromatic heterocycles. The van der Waals surface area contributed by atoms with Gasteiger partial charge >= 0.3 is 0 Å². The molecule has 2 unspecified atom stereocenters. The van der Waals surface area contributed by atoms with Crippen LogP contribution in [0.1, 0.15) is 25.0 Å². The minimum absolute atomic E-state index is 0.376. The van der Waals surface area contributed by atoms with E-state index < -0.39 is 0 Å². The molecule has 2 fully saturated rings. The molecule has 0 aliphatic carbocycles. The van der Waals surface area contributed by atoms with E-state index in [0.29, 0.717) is 12.2 Å². The van der Waals surface area contributed by atoms with Crippen molar-refractivity contribution in [3.8, 4) is 0 Å². The van der Waals surface area contributed by atoms with Crippen LogP contribution >= 0.6 is 0 Å². The van der Waals surface area contributed by atoms with Gasteiger partial charge < -0.3 is 9.47 Å². The van der Waals surface area contributed by atoms with Gasteiger partial charge in [-0.05, 0) is 18.9 Å². The van der Waals surface area contributed by atoms with Crippen LogP contribution in [0.15, 0.2) is 30.3 Å². The molecule has 2 nitrogen and oxygen atoms in total. The van der Waals surface area contributed by atoms with E-state index in [9.17, 15) is 0 Å².